The van der Waals surface area contributed by atoms with E-state index in [0.717, 1.165) is 57.4 Å². The summed E-state index contributed by atoms with van der Waals surface area (Å²) in [5.41, 5.74) is -0.611. The monoisotopic (exact) mass is 426 g/mol. The maximum atomic E-state index is 13.3. The molecule has 1 aromatic rings. The average molecular weight is 427 g/mol. The van der Waals surface area contributed by atoms with Crippen LogP contribution >= 0.6 is 24.8 Å². The second-order valence-corrected chi connectivity index (χ2v) is 7.65. The van der Waals surface area contributed by atoms with Gasteiger partial charge in [0.25, 0.3) is 0 Å². The molecule has 3 rings (SSSR count). The lowest BCUT2D eigenvalue weighted by molar-refractivity contribution is -0.148. The van der Waals surface area contributed by atoms with Crippen LogP contribution in [0.15, 0.2) is 30.3 Å². The van der Waals surface area contributed by atoms with E-state index in [-0.39, 0.29) is 36.5 Å². The Labute approximate surface area is 181 Å². The second kappa shape index (κ2) is 11.8. The first kappa shape index (κ1) is 24.9. The van der Waals surface area contributed by atoms with Crippen LogP contribution in [0.1, 0.15) is 37.7 Å². The number of terminal acetylenes is 1. The fourth-order valence-electron chi connectivity index (χ4n) is 4.40. The van der Waals surface area contributed by atoms with Crippen molar-refractivity contribution in [2.24, 2.45) is 5.92 Å². The number of halogens is 2. The maximum Gasteiger partial charge on any atom is 0.183 e. The van der Waals surface area contributed by atoms with Gasteiger partial charge in [-0.1, -0.05) is 55.5 Å². The van der Waals surface area contributed by atoms with Crippen LogP contribution in [0.5, 0.6) is 0 Å². The minimum absolute atomic E-state index is 0. The molecule has 0 spiro atoms. The van der Waals surface area contributed by atoms with Gasteiger partial charge in [-0.15, -0.1) is 31.2 Å². The number of carbonyl (C=O) groups excluding carboxylic acids is 1. The minimum Gasteiger partial charge on any atom is -0.377 e. The Morgan fingerprint density at radius 1 is 1.04 bits per heavy atom. The van der Waals surface area contributed by atoms with Gasteiger partial charge >= 0.3 is 0 Å². The Bertz CT molecular complexity index is 636. The molecule has 1 saturated heterocycles. The maximum absolute atomic E-state index is 13.3. The van der Waals surface area contributed by atoms with Crippen LogP contribution in [0, 0.1) is 18.3 Å². The lowest BCUT2D eigenvalue weighted by atomic mass is 9.71. The van der Waals surface area contributed by atoms with E-state index < -0.39 is 5.60 Å². The summed E-state index contributed by atoms with van der Waals surface area (Å²) < 4.78 is 0. The zero-order valence-corrected chi connectivity index (χ0v) is 18.0. The van der Waals surface area contributed by atoms with Crippen molar-refractivity contribution in [3.8, 4) is 12.3 Å². The highest BCUT2D eigenvalue weighted by Gasteiger charge is 2.45. The van der Waals surface area contributed by atoms with Gasteiger partial charge < -0.3 is 5.11 Å². The highest BCUT2D eigenvalue weighted by Crippen LogP contribution is 2.40. The van der Waals surface area contributed by atoms with E-state index >= 15 is 0 Å². The van der Waals surface area contributed by atoms with Crippen molar-refractivity contribution in [2.75, 3.05) is 39.3 Å². The number of rotatable bonds is 6. The molecular formula is C22H32Cl2N2O2. The number of carbonyl (C=O) groups is 1. The molecule has 1 heterocycles. The summed E-state index contributed by atoms with van der Waals surface area (Å²) in [7, 11) is 0. The minimum atomic E-state index is -1.36. The number of nitrogens with zero attached hydrogens (tertiary/aromatic N) is 2. The van der Waals surface area contributed by atoms with Gasteiger partial charge in [-0.25, -0.2) is 0 Å². The second-order valence-electron chi connectivity index (χ2n) is 7.65. The summed E-state index contributed by atoms with van der Waals surface area (Å²) in [6.45, 7) is 4.38. The van der Waals surface area contributed by atoms with E-state index in [9.17, 15) is 9.90 Å². The summed E-state index contributed by atoms with van der Waals surface area (Å²) in [6, 6.07) is 9.55. The lowest BCUT2D eigenvalue weighted by Gasteiger charge is -2.40. The van der Waals surface area contributed by atoms with Gasteiger partial charge in [0.1, 0.15) is 0 Å². The SMILES string of the molecule is C#CCN1CCN(CC(=O)C(O)(c2ccccc2)C2CCCCC2)CC1.Cl.Cl. The molecule has 1 saturated carbocycles. The van der Waals surface area contributed by atoms with Crippen molar-refractivity contribution in [3.63, 3.8) is 0 Å². The Kier molecular flexibility index (Phi) is 10.5. The van der Waals surface area contributed by atoms with Crippen LogP contribution in [-0.4, -0.2) is 60.0 Å². The molecule has 0 bridgehead atoms. The van der Waals surface area contributed by atoms with Gasteiger partial charge in [0, 0.05) is 26.2 Å². The van der Waals surface area contributed by atoms with Crippen LogP contribution in [0.3, 0.4) is 0 Å². The summed E-state index contributed by atoms with van der Waals surface area (Å²) in [5, 5.41) is 11.6. The molecule has 4 nitrogen and oxygen atoms in total. The first-order chi connectivity index (χ1) is 12.6. The third kappa shape index (κ3) is 5.72. The van der Waals surface area contributed by atoms with Crippen molar-refractivity contribution in [1.29, 1.82) is 0 Å². The predicted octanol–water partition coefficient (Wildman–Crippen LogP) is 3.12. The van der Waals surface area contributed by atoms with Crippen molar-refractivity contribution < 1.29 is 9.90 Å². The third-order valence-corrected chi connectivity index (χ3v) is 5.98. The molecule has 156 valence electrons. The molecule has 0 aromatic heterocycles. The number of ketones is 1. The largest absolute Gasteiger partial charge is 0.377 e. The van der Waals surface area contributed by atoms with Crippen LogP contribution in [0.2, 0.25) is 0 Å². The highest BCUT2D eigenvalue weighted by atomic mass is 35.5. The van der Waals surface area contributed by atoms with E-state index in [4.69, 9.17) is 6.42 Å². The standard InChI is InChI=1S/C22H30N2O2.2ClH/c1-2-13-23-14-16-24(17-15-23)18-21(25)22(26,19-9-5-3-6-10-19)20-11-7-4-8-12-20;;/h1,3,5-6,9-10,20,26H,4,7-8,11-18H2;2*1H. The van der Waals surface area contributed by atoms with E-state index in [1.54, 1.807) is 0 Å². The number of piperazine rings is 1. The lowest BCUT2D eigenvalue weighted by Crippen LogP contribution is -2.53. The van der Waals surface area contributed by atoms with Crippen molar-refractivity contribution in [3.05, 3.63) is 35.9 Å². The van der Waals surface area contributed by atoms with E-state index in [0.29, 0.717) is 13.1 Å². The van der Waals surface area contributed by atoms with Gasteiger partial charge in [-0.2, -0.15) is 0 Å². The number of hydrogen-bond donors (Lipinski definition) is 1. The Hall–Kier alpha value is -1.09. The molecule has 6 heteroatoms. The topological polar surface area (TPSA) is 43.8 Å². The normalized spacial score (nSPS) is 20.9. The molecule has 0 amide bonds. The van der Waals surface area contributed by atoms with Gasteiger partial charge in [0.15, 0.2) is 11.4 Å². The third-order valence-electron chi connectivity index (χ3n) is 5.98. The fraction of sp³-hybridized carbons (Fsp3) is 0.591. The van der Waals surface area contributed by atoms with Crippen molar-refractivity contribution in [2.45, 2.75) is 37.7 Å². The van der Waals surface area contributed by atoms with Gasteiger partial charge in [0.2, 0.25) is 0 Å². The van der Waals surface area contributed by atoms with Crippen molar-refractivity contribution >= 4 is 30.6 Å². The Morgan fingerprint density at radius 2 is 1.61 bits per heavy atom. The Balaban J connectivity index is 0.00000196. The molecule has 0 radical (unpaired) electrons. The van der Waals surface area contributed by atoms with Crippen LogP contribution in [0.25, 0.3) is 0 Å². The molecule has 1 aromatic carbocycles. The average Bonchev–Trinajstić information content (AvgIpc) is 2.70. The molecule has 1 unspecified atom stereocenters. The predicted molar refractivity (Wildman–Crippen MR) is 118 cm³/mol. The number of aliphatic hydroxyl groups is 1. The summed E-state index contributed by atoms with van der Waals surface area (Å²) >= 11 is 0. The van der Waals surface area contributed by atoms with Gasteiger partial charge in [-0.3, -0.25) is 14.6 Å². The summed E-state index contributed by atoms with van der Waals surface area (Å²) in [4.78, 5) is 17.7. The quantitative estimate of drug-likeness (QED) is 0.709. The van der Waals surface area contributed by atoms with E-state index in [1.165, 1.54) is 6.42 Å². The first-order valence-electron chi connectivity index (χ1n) is 9.84. The fourth-order valence-corrected chi connectivity index (χ4v) is 4.40. The molecule has 28 heavy (non-hydrogen) atoms. The number of Topliss-reactive ketones (excluding diaryl/α,β-unsaturated/α-hetero) is 1. The smallest absolute Gasteiger partial charge is 0.183 e. The van der Waals surface area contributed by atoms with Crippen LogP contribution in [0.4, 0.5) is 0 Å². The van der Waals surface area contributed by atoms with Crippen LogP contribution < -0.4 is 0 Å². The van der Waals surface area contributed by atoms with E-state index in [1.807, 2.05) is 30.3 Å². The molecule has 1 atom stereocenters. The number of hydrogen-bond acceptors (Lipinski definition) is 4. The first-order valence-corrected chi connectivity index (χ1v) is 9.84. The van der Waals surface area contributed by atoms with Crippen molar-refractivity contribution in [1.82, 2.24) is 9.80 Å². The number of benzene rings is 1. The highest BCUT2D eigenvalue weighted by molar-refractivity contribution is 5.90. The molecule has 2 fully saturated rings. The molecule has 1 N–H and O–H groups in total. The Morgan fingerprint density at radius 3 is 2.18 bits per heavy atom. The zero-order valence-electron chi connectivity index (χ0n) is 16.4. The molecule has 2 aliphatic rings. The van der Waals surface area contributed by atoms with Gasteiger partial charge in [-0.05, 0) is 24.3 Å². The summed E-state index contributed by atoms with van der Waals surface area (Å²) in [6.07, 6.45) is 10.6. The van der Waals surface area contributed by atoms with Crippen LogP contribution in [-0.2, 0) is 10.4 Å². The molecular weight excluding hydrogens is 395 g/mol. The zero-order chi connectivity index (χ0) is 18.4. The molecule has 1 aliphatic heterocycles. The molecule has 1 aliphatic carbocycles. The van der Waals surface area contributed by atoms with E-state index in [2.05, 4.69) is 15.7 Å². The summed E-state index contributed by atoms with van der Waals surface area (Å²) in [5.74, 6) is 2.65. The van der Waals surface area contributed by atoms with Gasteiger partial charge in [0.05, 0.1) is 13.1 Å².